The molecule has 0 saturated carbocycles. The fourth-order valence-electron chi connectivity index (χ4n) is 8.13. The molecule has 0 aromatic carbocycles. The van der Waals surface area contributed by atoms with Gasteiger partial charge in [0.2, 0.25) is 0 Å². The summed E-state index contributed by atoms with van der Waals surface area (Å²) in [6.07, 6.45) is 78.4. The third kappa shape index (κ3) is 57.1. The molecule has 0 aliphatic rings. The molecular formula is C65H110O6. The Labute approximate surface area is 438 Å². The zero-order valence-electron chi connectivity index (χ0n) is 46.5. The van der Waals surface area contributed by atoms with Crippen LogP contribution in [-0.4, -0.2) is 37.2 Å². The lowest BCUT2D eigenvalue weighted by Gasteiger charge is -2.18. The first-order valence-electron chi connectivity index (χ1n) is 29.7. The van der Waals surface area contributed by atoms with E-state index in [1.54, 1.807) is 0 Å². The van der Waals surface area contributed by atoms with Gasteiger partial charge in [-0.15, -0.1) is 0 Å². The van der Waals surface area contributed by atoms with Crippen LogP contribution in [0.3, 0.4) is 0 Å². The molecule has 0 saturated heterocycles. The molecule has 1 atom stereocenters. The molecule has 0 radical (unpaired) electrons. The molecule has 0 aliphatic heterocycles. The van der Waals surface area contributed by atoms with Crippen LogP contribution in [0, 0.1) is 0 Å². The summed E-state index contributed by atoms with van der Waals surface area (Å²) in [6.45, 7) is 6.45. The van der Waals surface area contributed by atoms with E-state index in [4.69, 9.17) is 14.2 Å². The standard InChI is InChI=1S/C65H110O6/c1-4-7-10-13-16-19-22-24-25-26-27-28-29-30-31-32-33-34-35-36-37-38-39-41-43-46-49-52-55-58-64(67)70-61-62(60-69-63(66)57-54-51-48-45-42-21-18-15-12-9-6-3)71-65(68)59-56-53-50-47-44-40-23-20-17-14-11-8-5-2/h7,10-11,14,16,19-20,23-25,27-28,30-31,33-34,62H,4-6,8-9,12-13,15,17-18,21-22,26,29,32,35-61H2,1-3H3/b10-7-,14-11-,19-16-,23-20-,25-24-,28-27-,31-30-,34-33-. The van der Waals surface area contributed by atoms with Gasteiger partial charge >= 0.3 is 17.9 Å². The lowest BCUT2D eigenvalue weighted by Crippen LogP contribution is -2.30. The summed E-state index contributed by atoms with van der Waals surface area (Å²) in [4.78, 5) is 38.1. The van der Waals surface area contributed by atoms with Crippen molar-refractivity contribution in [2.75, 3.05) is 13.2 Å². The van der Waals surface area contributed by atoms with E-state index in [1.807, 2.05) is 0 Å². The van der Waals surface area contributed by atoms with Gasteiger partial charge in [-0.1, -0.05) is 259 Å². The number of hydrogen-bond donors (Lipinski definition) is 0. The van der Waals surface area contributed by atoms with Crippen LogP contribution in [0.15, 0.2) is 97.2 Å². The highest BCUT2D eigenvalue weighted by atomic mass is 16.6. The van der Waals surface area contributed by atoms with Gasteiger partial charge in [0.1, 0.15) is 13.2 Å². The predicted molar refractivity (Wildman–Crippen MR) is 307 cm³/mol. The molecule has 1 unspecified atom stereocenters. The lowest BCUT2D eigenvalue weighted by molar-refractivity contribution is -0.167. The second-order valence-electron chi connectivity index (χ2n) is 19.5. The Morgan fingerprint density at radius 1 is 0.296 bits per heavy atom. The molecule has 71 heavy (non-hydrogen) atoms. The Kier molecular flexibility index (Phi) is 55.9. The Bertz CT molecular complexity index is 1410. The second-order valence-corrected chi connectivity index (χ2v) is 19.5. The number of ether oxygens (including phenoxy) is 3. The number of unbranched alkanes of at least 4 members (excludes halogenated alkanes) is 26. The first kappa shape index (κ1) is 67.3. The first-order chi connectivity index (χ1) is 35.0. The van der Waals surface area contributed by atoms with Gasteiger partial charge in [-0.05, 0) is 96.3 Å². The summed E-state index contributed by atoms with van der Waals surface area (Å²) < 4.78 is 16.8. The zero-order valence-corrected chi connectivity index (χ0v) is 46.5. The average Bonchev–Trinajstić information content (AvgIpc) is 3.37. The van der Waals surface area contributed by atoms with Gasteiger partial charge in [0.05, 0.1) is 0 Å². The molecular weight excluding hydrogens is 877 g/mol. The summed E-state index contributed by atoms with van der Waals surface area (Å²) in [5.74, 6) is -0.898. The highest BCUT2D eigenvalue weighted by molar-refractivity contribution is 5.71. The maximum Gasteiger partial charge on any atom is 0.306 e. The highest BCUT2D eigenvalue weighted by Gasteiger charge is 2.19. The fraction of sp³-hybridized carbons (Fsp3) is 0.708. The van der Waals surface area contributed by atoms with Gasteiger partial charge in [0.25, 0.3) is 0 Å². The highest BCUT2D eigenvalue weighted by Crippen LogP contribution is 2.15. The van der Waals surface area contributed by atoms with E-state index in [0.717, 1.165) is 128 Å². The molecule has 0 aromatic heterocycles. The van der Waals surface area contributed by atoms with E-state index in [2.05, 4.69) is 118 Å². The SMILES string of the molecule is CC/C=C\C/C=C\C/C=C\C/C=C\C/C=C\C/C=C\CCCCCCCCCCCCC(=O)OCC(COC(=O)CCCCCCCCCCCCC)OC(=O)CCCCCCC/C=C\C/C=C\CCC. The Morgan fingerprint density at radius 3 is 0.915 bits per heavy atom. The summed E-state index contributed by atoms with van der Waals surface area (Å²) in [7, 11) is 0. The van der Waals surface area contributed by atoms with E-state index < -0.39 is 6.10 Å². The molecule has 0 amide bonds. The van der Waals surface area contributed by atoms with Crippen molar-refractivity contribution >= 4 is 17.9 Å². The predicted octanol–water partition coefficient (Wildman–Crippen LogP) is 20.1. The number of rotatable bonds is 53. The van der Waals surface area contributed by atoms with Crippen molar-refractivity contribution in [2.45, 2.75) is 284 Å². The second kappa shape index (κ2) is 58.9. The summed E-state index contributed by atoms with van der Waals surface area (Å²) >= 11 is 0. The molecule has 0 fully saturated rings. The monoisotopic (exact) mass is 987 g/mol. The Hall–Kier alpha value is -3.67. The van der Waals surface area contributed by atoms with Gasteiger partial charge in [-0.3, -0.25) is 14.4 Å². The smallest absolute Gasteiger partial charge is 0.306 e. The largest absolute Gasteiger partial charge is 0.462 e. The lowest BCUT2D eigenvalue weighted by atomic mass is 10.1. The van der Waals surface area contributed by atoms with Gasteiger partial charge in [-0.2, -0.15) is 0 Å². The third-order valence-electron chi connectivity index (χ3n) is 12.6. The van der Waals surface area contributed by atoms with E-state index >= 15 is 0 Å². The summed E-state index contributed by atoms with van der Waals surface area (Å²) in [5, 5.41) is 0. The maximum absolute atomic E-state index is 12.8. The third-order valence-corrected chi connectivity index (χ3v) is 12.6. The van der Waals surface area contributed by atoms with Crippen molar-refractivity contribution in [3.8, 4) is 0 Å². The van der Waals surface area contributed by atoms with E-state index in [0.29, 0.717) is 19.3 Å². The Balaban J connectivity index is 4.22. The summed E-state index contributed by atoms with van der Waals surface area (Å²) in [5.41, 5.74) is 0. The number of allylic oxidation sites excluding steroid dienone is 16. The van der Waals surface area contributed by atoms with E-state index in [-0.39, 0.29) is 31.1 Å². The molecule has 0 aliphatic carbocycles. The van der Waals surface area contributed by atoms with Crippen LogP contribution >= 0.6 is 0 Å². The molecule has 0 N–H and O–H groups in total. The van der Waals surface area contributed by atoms with Gasteiger partial charge in [0.15, 0.2) is 6.10 Å². The normalized spacial score (nSPS) is 12.8. The van der Waals surface area contributed by atoms with Gasteiger partial charge in [-0.25, -0.2) is 0 Å². The van der Waals surface area contributed by atoms with Crippen molar-refractivity contribution in [1.29, 1.82) is 0 Å². The summed E-state index contributed by atoms with van der Waals surface area (Å²) in [6, 6.07) is 0. The fourth-order valence-corrected chi connectivity index (χ4v) is 8.13. The van der Waals surface area contributed by atoms with E-state index in [1.165, 1.54) is 109 Å². The van der Waals surface area contributed by atoms with Crippen molar-refractivity contribution < 1.29 is 28.6 Å². The quantitative estimate of drug-likeness (QED) is 0.0261. The minimum absolute atomic E-state index is 0.0821. The van der Waals surface area contributed by atoms with Crippen molar-refractivity contribution in [2.24, 2.45) is 0 Å². The minimum atomic E-state index is -0.784. The molecule has 0 rings (SSSR count). The van der Waals surface area contributed by atoms with E-state index in [9.17, 15) is 14.4 Å². The van der Waals surface area contributed by atoms with Gasteiger partial charge in [0, 0.05) is 19.3 Å². The number of esters is 3. The molecule has 406 valence electrons. The number of carbonyl (C=O) groups is 3. The molecule has 0 heterocycles. The van der Waals surface area contributed by atoms with Crippen LogP contribution in [0.25, 0.3) is 0 Å². The minimum Gasteiger partial charge on any atom is -0.462 e. The topological polar surface area (TPSA) is 78.9 Å². The van der Waals surface area contributed by atoms with Gasteiger partial charge < -0.3 is 14.2 Å². The average molecular weight is 988 g/mol. The first-order valence-corrected chi connectivity index (χ1v) is 29.7. The van der Waals surface area contributed by atoms with Crippen molar-refractivity contribution in [1.82, 2.24) is 0 Å². The molecule has 6 nitrogen and oxygen atoms in total. The maximum atomic E-state index is 12.8. The van der Waals surface area contributed by atoms with Crippen LogP contribution in [0.1, 0.15) is 278 Å². The number of hydrogen-bond acceptors (Lipinski definition) is 6. The zero-order chi connectivity index (χ0) is 51.4. The van der Waals surface area contributed by atoms with Crippen LogP contribution in [-0.2, 0) is 28.6 Å². The Morgan fingerprint density at radius 2 is 0.577 bits per heavy atom. The molecule has 0 spiro atoms. The van der Waals surface area contributed by atoms with Crippen LogP contribution in [0.4, 0.5) is 0 Å². The van der Waals surface area contributed by atoms with Crippen molar-refractivity contribution in [3.05, 3.63) is 97.2 Å². The van der Waals surface area contributed by atoms with Crippen LogP contribution in [0.2, 0.25) is 0 Å². The molecule has 0 bridgehead atoms. The van der Waals surface area contributed by atoms with Crippen LogP contribution in [0.5, 0.6) is 0 Å². The molecule has 0 aromatic rings. The number of carbonyl (C=O) groups excluding carboxylic acids is 3. The molecule has 6 heteroatoms. The van der Waals surface area contributed by atoms with Crippen molar-refractivity contribution in [3.63, 3.8) is 0 Å². The van der Waals surface area contributed by atoms with Crippen LogP contribution < -0.4 is 0 Å².